The first-order chi connectivity index (χ1) is 14.9. The molecular formula is C26H30ClNO3. The van der Waals surface area contributed by atoms with Crippen LogP contribution in [0, 0.1) is 5.92 Å². The number of rotatable bonds is 11. The van der Waals surface area contributed by atoms with E-state index in [-0.39, 0.29) is 24.7 Å². The van der Waals surface area contributed by atoms with Crippen molar-refractivity contribution in [1.82, 2.24) is 4.57 Å². The van der Waals surface area contributed by atoms with Gasteiger partial charge in [-0.3, -0.25) is 14.2 Å². The minimum atomic E-state index is -0.878. The van der Waals surface area contributed by atoms with Gasteiger partial charge in [0.1, 0.15) is 0 Å². The highest BCUT2D eigenvalue weighted by atomic mass is 35.5. The van der Waals surface area contributed by atoms with Crippen LogP contribution in [-0.2, 0) is 17.6 Å². The van der Waals surface area contributed by atoms with Crippen LogP contribution in [0.25, 0.3) is 10.9 Å². The maximum Gasteiger partial charge on any atom is 0.303 e. The predicted molar refractivity (Wildman–Crippen MR) is 126 cm³/mol. The van der Waals surface area contributed by atoms with E-state index in [2.05, 4.69) is 30.3 Å². The van der Waals surface area contributed by atoms with Gasteiger partial charge in [-0.1, -0.05) is 67.8 Å². The molecular weight excluding hydrogens is 410 g/mol. The molecule has 164 valence electrons. The number of benzene rings is 2. The normalized spacial score (nSPS) is 12.2. The fourth-order valence-electron chi connectivity index (χ4n) is 4.10. The standard InChI is InChI=1S/C26H30ClNO3/c1-19(16-26(30)31)15-25(29)28-23(17-21-13-14-22(27)18-24(21)28)12-8-3-2-5-9-20-10-6-4-7-11-20/h4,6-7,10-11,13-14,17-19H,2-3,5,8-9,12,15-16H2,1H3,(H,30,31). The highest BCUT2D eigenvalue weighted by molar-refractivity contribution is 6.31. The number of aryl methyl sites for hydroxylation is 2. The number of carboxylic acid groups (broad SMARTS) is 1. The number of halogens is 1. The fourth-order valence-corrected chi connectivity index (χ4v) is 4.27. The number of carbonyl (C=O) groups is 2. The molecule has 0 bridgehead atoms. The van der Waals surface area contributed by atoms with Crippen LogP contribution in [0.3, 0.4) is 0 Å². The van der Waals surface area contributed by atoms with Crippen LogP contribution >= 0.6 is 11.6 Å². The summed E-state index contributed by atoms with van der Waals surface area (Å²) in [4.78, 5) is 24.0. The second-order valence-electron chi connectivity index (χ2n) is 8.37. The van der Waals surface area contributed by atoms with Gasteiger partial charge in [-0.25, -0.2) is 0 Å². The van der Waals surface area contributed by atoms with E-state index in [4.69, 9.17) is 16.7 Å². The summed E-state index contributed by atoms with van der Waals surface area (Å²) < 4.78 is 1.75. The van der Waals surface area contributed by atoms with Crippen molar-refractivity contribution in [3.8, 4) is 0 Å². The van der Waals surface area contributed by atoms with E-state index in [0.717, 1.165) is 55.1 Å². The van der Waals surface area contributed by atoms with E-state index in [1.807, 2.05) is 24.3 Å². The lowest BCUT2D eigenvalue weighted by Gasteiger charge is -2.13. The molecule has 4 nitrogen and oxygen atoms in total. The summed E-state index contributed by atoms with van der Waals surface area (Å²) in [6.07, 6.45) is 6.54. The van der Waals surface area contributed by atoms with E-state index in [1.54, 1.807) is 11.5 Å². The van der Waals surface area contributed by atoms with E-state index in [1.165, 1.54) is 5.56 Å². The molecule has 0 aliphatic rings. The number of hydrogen-bond acceptors (Lipinski definition) is 2. The highest BCUT2D eigenvalue weighted by Gasteiger charge is 2.19. The molecule has 0 fully saturated rings. The lowest BCUT2D eigenvalue weighted by atomic mass is 10.0. The largest absolute Gasteiger partial charge is 0.481 e. The van der Waals surface area contributed by atoms with Crippen LogP contribution in [0.2, 0.25) is 5.02 Å². The molecule has 0 spiro atoms. The predicted octanol–water partition coefficient (Wildman–Crippen LogP) is 6.78. The average molecular weight is 440 g/mol. The number of aliphatic carboxylic acids is 1. The molecule has 2 aromatic carbocycles. The summed E-state index contributed by atoms with van der Waals surface area (Å²) in [7, 11) is 0. The third-order valence-electron chi connectivity index (χ3n) is 5.63. The van der Waals surface area contributed by atoms with E-state index >= 15 is 0 Å². The summed E-state index contributed by atoms with van der Waals surface area (Å²) in [5, 5.41) is 10.6. The van der Waals surface area contributed by atoms with Gasteiger partial charge in [0, 0.05) is 28.9 Å². The lowest BCUT2D eigenvalue weighted by molar-refractivity contribution is -0.137. The molecule has 0 aliphatic heterocycles. The summed E-state index contributed by atoms with van der Waals surface area (Å²) >= 11 is 6.19. The van der Waals surface area contributed by atoms with Gasteiger partial charge in [0.15, 0.2) is 0 Å². The molecule has 1 N–H and O–H groups in total. The van der Waals surface area contributed by atoms with Crippen LogP contribution in [0.5, 0.6) is 0 Å². The number of aromatic nitrogens is 1. The van der Waals surface area contributed by atoms with Gasteiger partial charge in [0.05, 0.1) is 5.52 Å². The van der Waals surface area contributed by atoms with Crippen molar-refractivity contribution < 1.29 is 14.7 Å². The van der Waals surface area contributed by atoms with Gasteiger partial charge in [0.2, 0.25) is 5.91 Å². The zero-order valence-electron chi connectivity index (χ0n) is 18.0. The first-order valence-corrected chi connectivity index (χ1v) is 11.4. The number of fused-ring (bicyclic) bond motifs is 1. The number of unbranched alkanes of at least 4 members (excludes halogenated alkanes) is 3. The minimum Gasteiger partial charge on any atom is -0.481 e. The molecule has 31 heavy (non-hydrogen) atoms. The second-order valence-corrected chi connectivity index (χ2v) is 8.81. The Bertz CT molecular complexity index is 1030. The molecule has 0 saturated heterocycles. The summed E-state index contributed by atoms with van der Waals surface area (Å²) in [6.45, 7) is 1.80. The summed E-state index contributed by atoms with van der Waals surface area (Å²) in [5.74, 6) is -1.16. The minimum absolute atomic E-state index is 0.0115. The van der Waals surface area contributed by atoms with Crippen LogP contribution in [0.4, 0.5) is 0 Å². The maximum atomic E-state index is 13.1. The van der Waals surface area contributed by atoms with Crippen molar-refractivity contribution in [3.05, 3.63) is 70.9 Å². The number of hydrogen-bond donors (Lipinski definition) is 1. The molecule has 3 aromatic rings. The van der Waals surface area contributed by atoms with Crippen LogP contribution < -0.4 is 0 Å². The number of carboxylic acids is 1. The smallest absolute Gasteiger partial charge is 0.303 e. The quantitative estimate of drug-likeness (QED) is 0.335. The first kappa shape index (κ1) is 23.1. The first-order valence-electron chi connectivity index (χ1n) is 11.0. The van der Waals surface area contributed by atoms with Crippen LogP contribution in [-0.4, -0.2) is 21.6 Å². The molecule has 1 aromatic heterocycles. The molecule has 1 unspecified atom stereocenters. The molecule has 0 saturated carbocycles. The van der Waals surface area contributed by atoms with Crippen molar-refractivity contribution in [2.75, 3.05) is 0 Å². The Morgan fingerprint density at radius 3 is 2.35 bits per heavy atom. The zero-order valence-corrected chi connectivity index (χ0v) is 18.8. The average Bonchev–Trinajstić information content (AvgIpc) is 3.08. The number of carbonyl (C=O) groups excluding carboxylic acids is 1. The SMILES string of the molecule is CC(CC(=O)O)CC(=O)n1c(CCCCCCc2ccccc2)cc2ccc(Cl)cc21. The Kier molecular flexibility index (Phi) is 8.30. The molecule has 1 heterocycles. The highest BCUT2D eigenvalue weighted by Crippen LogP contribution is 2.26. The monoisotopic (exact) mass is 439 g/mol. The second kappa shape index (κ2) is 11.1. The molecule has 0 aliphatic carbocycles. The summed E-state index contributed by atoms with van der Waals surface area (Å²) in [5.41, 5.74) is 3.16. The van der Waals surface area contributed by atoms with Gasteiger partial charge in [-0.2, -0.15) is 0 Å². The molecule has 0 radical (unpaired) electrons. The maximum absolute atomic E-state index is 13.1. The van der Waals surface area contributed by atoms with Gasteiger partial charge in [-0.15, -0.1) is 0 Å². The van der Waals surface area contributed by atoms with Crippen LogP contribution in [0.1, 0.15) is 61.5 Å². The van der Waals surface area contributed by atoms with Gasteiger partial charge < -0.3 is 5.11 Å². The summed E-state index contributed by atoms with van der Waals surface area (Å²) in [6, 6.07) is 18.2. The Balaban J connectivity index is 1.63. The van der Waals surface area contributed by atoms with E-state index in [0.29, 0.717) is 5.02 Å². The Morgan fingerprint density at radius 1 is 0.935 bits per heavy atom. The van der Waals surface area contributed by atoms with Crippen molar-refractivity contribution in [2.45, 2.75) is 58.3 Å². The van der Waals surface area contributed by atoms with Crippen molar-refractivity contribution in [3.63, 3.8) is 0 Å². The van der Waals surface area contributed by atoms with E-state index < -0.39 is 5.97 Å². The third kappa shape index (κ3) is 6.70. The van der Waals surface area contributed by atoms with Gasteiger partial charge in [0.25, 0.3) is 0 Å². The fraction of sp³-hybridized carbons (Fsp3) is 0.385. The topological polar surface area (TPSA) is 59.3 Å². The molecule has 5 heteroatoms. The molecule has 3 rings (SSSR count). The Labute approximate surface area is 188 Å². The van der Waals surface area contributed by atoms with Crippen molar-refractivity contribution >= 4 is 34.4 Å². The Morgan fingerprint density at radius 2 is 1.65 bits per heavy atom. The van der Waals surface area contributed by atoms with Crippen molar-refractivity contribution in [2.24, 2.45) is 5.92 Å². The Hall–Kier alpha value is -2.59. The molecule has 1 atom stereocenters. The zero-order chi connectivity index (χ0) is 22.2. The third-order valence-corrected chi connectivity index (χ3v) is 5.86. The van der Waals surface area contributed by atoms with Crippen molar-refractivity contribution in [1.29, 1.82) is 0 Å². The van der Waals surface area contributed by atoms with Gasteiger partial charge >= 0.3 is 5.97 Å². The van der Waals surface area contributed by atoms with Crippen LogP contribution in [0.15, 0.2) is 54.6 Å². The lowest BCUT2D eigenvalue weighted by Crippen LogP contribution is -2.18. The number of nitrogens with zero attached hydrogens (tertiary/aromatic N) is 1. The molecule has 0 amide bonds. The van der Waals surface area contributed by atoms with E-state index in [9.17, 15) is 9.59 Å². The van der Waals surface area contributed by atoms with Gasteiger partial charge in [-0.05, 0) is 55.4 Å².